The molecule has 2 saturated carbocycles. The van der Waals surface area contributed by atoms with Crippen molar-refractivity contribution in [2.45, 2.75) is 52.0 Å². The maximum Gasteiger partial charge on any atom is 0.315 e. The molecule has 0 aromatic heterocycles. The van der Waals surface area contributed by atoms with Crippen LogP contribution in [0.2, 0.25) is 0 Å². The first-order valence-corrected chi connectivity index (χ1v) is 7.56. The molecule has 2 aliphatic carbocycles. The van der Waals surface area contributed by atoms with Gasteiger partial charge in [-0.1, -0.05) is 20.8 Å². The first-order valence-electron chi connectivity index (χ1n) is 7.56. The van der Waals surface area contributed by atoms with Crippen molar-refractivity contribution in [1.29, 1.82) is 0 Å². The highest BCUT2D eigenvalue weighted by Gasteiger charge is 2.73. The fourth-order valence-electron chi connectivity index (χ4n) is 5.19. The minimum absolute atomic E-state index is 0.175. The fourth-order valence-corrected chi connectivity index (χ4v) is 5.19. The Bertz CT molecular complexity index is 465. The Morgan fingerprint density at radius 2 is 2.10 bits per heavy atom. The average molecular weight is 281 g/mol. The molecule has 0 N–H and O–H groups in total. The lowest BCUT2D eigenvalue weighted by Gasteiger charge is -2.38. The molecule has 112 valence electrons. The molecule has 4 fully saturated rings. The van der Waals surface area contributed by atoms with E-state index in [1.807, 2.05) is 5.06 Å². The largest absolute Gasteiger partial charge is 0.469 e. The minimum atomic E-state index is -0.309. The predicted octanol–water partition coefficient (Wildman–Crippen LogP) is 1.57. The Balaban J connectivity index is 1.66. The van der Waals surface area contributed by atoms with Crippen molar-refractivity contribution in [3.05, 3.63) is 0 Å². The normalized spacial score (nSPS) is 52.1. The highest BCUT2D eigenvalue weighted by Crippen LogP contribution is 2.69. The number of fused-ring (bicyclic) bond motifs is 7. The second-order valence-corrected chi connectivity index (χ2v) is 7.51. The summed E-state index contributed by atoms with van der Waals surface area (Å²) in [6.07, 6.45) is 2.35. The molecular formula is C15H23NO4. The second-order valence-electron chi connectivity index (χ2n) is 7.51. The number of hydroxylamine groups is 2. The van der Waals surface area contributed by atoms with E-state index in [1.165, 1.54) is 20.0 Å². The summed E-state index contributed by atoms with van der Waals surface area (Å²) in [6.45, 7) is 7.43. The summed E-state index contributed by atoms with van der Waals surface area (Å²) in [7, 11) is 1.43. The number of hydrogen-bond acceptors (Lipinski definition) is 5. The monoisotopic (exact) mass is 281 g/mol. The number of ether oxygens (including phenoxy) is 2. The molecule has 0 amide bonds. The van der Waals surface area contributed by atoms with Gasteiger partial charge in [0.05, 0.1) is 25.9 Å². The molecule has 0 aromatic rings. The van der Waals surface area contributed by atoms with Crippen molar-refractivity contribution >= 4 is 5.97 Å². The van der Waals surface area contributed by atoms with E-state index in [-0.39, 0.29) is 35.0 Å². The molecule has 5 heteroatoms. The maximum absolute atomic E-state index is 11.9. The third kappa shape index (κ3) is 1.23. The van der Waals surface area contributed by atoms with E-state index in [1.54, 1.807) is 0 Å². The third-order valence-corrected chi connectivity index (χ3v) is 6.81. The highest BCUT2D eigenvalue weighted by molar-refractivity contribution is 5.73. The van der Waals surface area contributed by atoms with Gasteiger partial charge in [-0.25, -0.2) is 0 Å². The third-order valence-electron chi connectivity index (χ3n) is 6.81. The van der Waals surface area contributed by atoms with Gasteiger partial charge < -0.3 is 9.47 Å². The maximum atomic E-state index is 11.9. The number of carbonyl (C=O) groups is 1. The molecule has 2 saturated heterocycles. The molecular weight excluding hydrogens is 258 g/mol. The van der Waals surface area contributed by atoms with Crippen LogP contribution in [0, 0.1) is 22.7 Å². The topological polar surface area (TPSA) is 48.0 Å². The zero-order chi connectivity index (χ0) is 14.3. The van der Waals surface area contributed by atoms with E-state index in [0.29, 0.717) is 18.6 Å². The number of carbonyl (C=O) groups excluding carboxylic acids is 1. The molecule has 2 aliphatic heterocycles. The zero-order valence-electron chi connectivity index (χ0n) is 12.6. The molecule has 0 radical (unpaired) electrons. The van der Waals surface area contributed by atoms with E-state index in [9.17, 15) is 4.79 Å². The molecule has 4 aliphatic rings. The van der Waals surface area contributed by atoms with Crippen LogP contribution in [-0.4, -0.2) is 43.1 Å². The molecule has 0 aromatic carbocycles. The van der Waals surface area contributed by atoms with Crippen molar-refractivity contribution in [2.24, 2.45) is 22.7 Å². The molecule has 0 unspecified atom stereocenters. The molecule has 2 heterocycles. The summed E-state index contributed by atoms with van der Waals surface area (Å²) >= 11 is 0. The minimum Gasteiger partial charge on any atom is -0.469 e. The first-order chi connectivity index (χ1) is 9.41. The quantitative estimate of drug-likeness (QED) is 0.683. The van der Waals surface area contributed by atoms with Crippen LogP contribution < -0.4 is 0 Å². The zero-order valence-corrected chi connectivity index (χ0v) is 12.6. The molecule has 0 spiro atoms. The van der Waals surface area contributed by atoms with E-state index in [0.717, 1.165) is 0 Å². The Kier molecular flexibility index (Phi) is 2.45. The predicted molar refractivity (Wildman–Crippen MR) is 70.4 cm³/mol. The SMILES string of the molecule is COC(=O)[C@H]1CON2[C@@H]3[C@H]4CC[C@@](C)([C@@H]3O[C@@H]12)C4(C)C. The van der Waals surface area contributed by atoms with Gasteiger partial charge in [0.2, 0.25) is 0 Å². The molecule has 4 rings (SSSR count). The molecule has 20 heavy (non-hydrogen) atoms. The number of methoxy groups -OCH3 is 1. The standard InChI is InChI=1S/C15H23NO4/c1-14(2)9-5-6-15(14,3)11-10(9)16-12(20-11)8(7-19-16)13(17)18-4/h8-12H,5-7H2,1-4H3/t8-,9+,10+,11+,12-,15-/m0/s1. The Labute approximate surface area is 119 Å². The summed E-state index contributed by atoms with van der Waals surface area (Å²) in [5.41, 5.74) is 0.441. The van der Waals surface area contributed by atoms with Crippen LogP contribution in [0.25, 0.3) is 0 Å². The lowest BCUT2D eigenvalue weighted by atomic mass is 9.70. The van der Waals surface area contributed by atoms with Crippen LogP contribution in [0.4, 0.5) is 0 Å². The van der Waals surface area contributed by atoms with Gasteiger partial charge in [-0.15, -0.1) is 0 Å². The van der Waals surface area contributed by atoms with Gasteiger partial charge in [-0.05, 0) is 24.2 Å². The summed E-state index contributed by atoms with van der Waals surface area (Å²) < 4.78 is 11.2. The van der Waals surface area contributed by atoms with Crippen LogP contribution in [0.15, 0.2) is 0 Å². The van der Waals surface area contributed by atoms with Crippen molar-refractivity contribution in [1.82, 2.24) is 5.06 Å². The van der Waals surface area contributed by atoms with Gasteiger partial charge in [-0.3, -0.25) is 9.63 Å². The highest BCUT2D eigenvalue weighted by atomic mass is 16.7. The van der Waals surface area contributed by atoms with Gasteiger partial charge in [0.25, 0.3) is 0 Å². The number of nitrogens with zero attached hydrogens (tertiary/aromatic N) is 1. The van der Waals surface area contributed by atoms with Gasteiger partial charge >= 0.3 is 5.97 Å². The lowest BCUT2D eigenvalue weighted by molar-refractivity contribution is -0.178. The van der Waals surface area contributed by atoms with Gasteiger partial charge in [0.15, 0.2) is 0 Å². The molecule has 5 nitrogen and oxygen atoms in total. The van der Waals surface area contributed by atoms with Gasteiger partial charge in [-0.2, -0.15) is 5.06 Å². The van der Waals surface area contributed by atoms with Crippen LogP contribution in [-0.2, 0) is 19.1 Å². The van der Waals surface area contributed by atoms with E-state index >= 15 is 0 Å². The number of esters is 1. The summed E-state index contributed by atoms with van der Waals surface area (Å²) in [6, 6.07) is 0.295. The van der Waals surface area contributed by atoms with Crippen LogP contribution in [0.1, 0.15) is 33.6 Å². The average Bonchev–Trinajstić information content (AvgIpc) is 3.06. The van der Waals surface area contributed by atoms with E-state index in [2.05, 4.69) is 20.8 Å². The number of rotatable bonds is 1. The second kappa shape index (κ2) is 3.76. The summed E-state index contributed by atoms with van der Waals surface area (Å²) in [5, 5.41) is 1.98. The lowest BCUT2D eigenvalue weighted by Crippen LogP contribution is -2.41. The van der Waals surface area contributed by atoms with Crippen molar-refractivity contribution in [3.63, 3.8) is 0 Å². The van der Waals surface area contributed by atoms with Crippen LogP contribution >= 0.6 is 0 Å². The van der Waals surface area contributed by atoms with Gasteiger partial charge in [0.1, 0.15) is 12.1 Å². The van der Waals surface area contributed by atoms with Crippen molar-refractivity contribution < 1.29 is 19.1 Å². The summed E-state index contributed by atoms with van der Waals surface area (Å²) in [5.74, 6) is 0.0462. The Hall–Kier alpha value is -0.650. The Morgan fingerprint density at radius 1 is 1.35 bits per heavy atom. The van der Waals surface area contributed by atoms with Crippen molar-refractivity contribution in [3.8, 4) is 0 Å². The summed E-state index contributed by atoms with van der Waals surface area (Å²) in [4.78, 5) is 17.7. The molecule has 6 atom stereocenters. The smallest absolute Gasteiger partial charge is 0.315 e. The fraction of sp³-hybridized carbons (Fsp3) is 0.933. The van der Waals surface area contributed by atoms with Gasteiger partial charge in [0, 0.05) is 5.41 Å². The van der Waals surface area contributed by atoms with Crippen molar-refractivity contribution in [2.75, 3.05) is 13.7 Å². The number of hydrogen-bond donors (Lipinski definition) is 0. The van der Waals surface area contributed by atoms with E-state index < -0.39 is 0 Å². The van der Waals surface area contributed by atoms with Crippen LogP contribution in [0.5, 0.6) is 0 Å². The van der Waals surface area contributed by atoms with E-state index in [4.69, 9.17) is 14.3 Å². The molecule has 2 bridgehead atoms. The first kappa shape index (κ1) is 13.0. The Morgan fingerprint density at radius 3 is 2.80 bits per heavy atom. The van der Waals surface area contributed by atoms with Crippen LogP contribution in [0.3, 0.4) is 0 Å².